The maximum atomic E-state index is 14.2. The van der Waals surface area contributed by atoms with Crippen molar-refractivity contribution in [3.63, 3.8) is 0 Å². The number of amides is 2. The van der Waals surface area contributed by atoms with Crippen molar-refractivity contribution in [3.8, 4) is 5.75 Å². The lowest BCUT2D eigenvalue weighted by Gasteiger charge is -2.34. The third-order valence-electron chi connectivity index (χ3n) is 6.76. The number of anilines is 1. The van der Waals surface area contributed by atoms with Gasteiger partial charge in [0.05, 0.1) is 19.1 Å². The molecule has 1 atom stereocenters. The molecule has 0 unspecified atom stereocenters. The molecule has 0 fully saturated rings. The van der Waals surface area contributed by atoms with Gasteiger partial charge in [0.25, 0.3) is 0 Å². The zero-order valence-corrected chi connectivity index (χ0v) is 25.6. The highest BCUT2D eigenvalue weighted by atomic mass is 32.2. The Labute approximate surface area is 244 Å². The van der Waals surface area contributed by atoms with E-state index in [0.717, 1.165) is 32.8 Å². The van der Waals surface area contributed by atoms with Crippen molar-refractivity contribution in [2.45, 2.75) is 46.7 Å². The van der Waals surface area contributed by atoms with E-state index < -0.39 is 28.5 Å². The van der Waals surface area contributed by atoms with E-state index in [1.165, 1.54) is 4.90 Å². The van der Waals surface area contributed by atoms with E-state index in [0.29, 0.717) is 18.0 Å². The lowest BCUT2D eigenvalue weighted by Crippen LogP contribution is -2.53. The monoisotopic (exact) mass is 579 g/mol. The Balaban J connectivity index is 2.09. The Morgan fingerprint density at radius 3 is 2.24 bits per heavy atom. The molecule has 2 amide bonds. The maximum Gasteiger partial charge on any atom is 0.244 e. The van der Waals surface area contributed by atoms with Crippen molar-refractivity contribution in [1.82, 2.24) is 10.2 Å². The maximum absolute atomic E-state index is 14.2. The second-order valence-electron chi connectivity index (χ2n) is 10.8. The first-order chi connectivity index (χ1) is 19.4. The first-order valence-electron chi connectivity index (χ1n) is 13.7. The molecule has 0 aromatic heterocycles. The molecule has 0 saturated carbocycles. The van der Waals surface area contributed by atoms with Crippen LogP contribution in [0.5, 0.6) is 5.75 Å². The summed E-state index contributed by atoms with van der Waals surface area (Å²) in [5, 5.41) is 2.99. The van der Waals surface area contributed by atoms with Gasteiger partial charge in [-0.2, -0.15) is 0 Å². The van der Waals surface area contributed by atoms with Gasteiger partial charge in [0.1, 0.15) is 18.3 Å². The number of sulfonamides is 1. The first kappa shape index (κ1) is 31.7. The van der Waals surface area contributed by atoms with Crippen LogP contribution < -0.4 is 14.4 Å². The number of hydrogen-bond acceptors (Lipinski definition) is 5. The molecule has 3 rings (SSSR count). The van der Waals surface area contributed by atoms with Gasteiger partial charge in [-0.05, 0) is 60.2 Å². The number of methoxy groups -OCH3 is 1. The van der Waals surface area contributed by atoms with Crippen LogP contribution in [0.4, 0.5) is 5.69 Å². The van der Waals surface area contributed by atoms with E-state index in [1.807, 2.05) is 88.4 Å². The van der Waals surface area contributed by atoms with Gasteiger partial charge in [-0.3, -0.25) is 13.9 Å². The summed E-state index contributed by atoms with van der Waals surface area (Å²) in [4.78, 5) is 29.4. The molecule has 220 valence electrons. The minimum atomic E-state index is -3.83. The van der Waals surface area contributed by atoms with E-state index in [9.17, 15) is 18.0 Å². The zero-order valence-electron chi connectivity index (χ0n) is 24.8. The molecule has 0 heterocycles. The molecule has 1 N–H and O–H groups in total. The van der Waals surface area contributed by atoms with Gasteiger partial charge in [0.15, 0.2) is 0 Å². The smallest absolute Gasteiger partial charge is 0.244 e. The highest BCUT2D eigenvalue weighted by molar-refractivity contribution is 7.92. The van der Waals surface area contributed by atoms with Crippen molar-refractivity contribution >= 4 is 27.5 Å². The van der Waals surface area contributed by atoms with Crippen LogP contribution in [0, 0.1) is 19.8 Å². The normalized spacial score (nSPS) is 12.1. The fourth-order valence-electron chi connectivity index (χ4n) is 4.53. The Bertz CT molecular complexity index is 1440. The summed E-state index contributed by atoms with van der Waals surface area (Å²) in [6, 6.07) is 21.4. The lowest BCUT2D eigenvalue weighted by atomic mass is 10.0. The molecular weight excluding hydrogens is 538 g/mol. The molecule has 3 aromatic carbocycles. The van der Waals surface area contributed by atoms with E-state index in [2.05, 4.69) is 5.32 Å². The van der Waals surface area contributed by atoms with Gasteiger partial charge in [-0.1, -0.05) is 68.4 Å². The Hall–Kier alpha value is -3.85. The van der Waals surface area contributed by atoms with Gasteiger partial charge in [-0.15, -0.1) is 0 Å². The summed E-state index contributed by atoms with van der Waals surface area (Å²) in [5.74, 6) is 0.0482. The summed E-state index contributed by atoms with van der Waals surface area (Å²) in [6.07, 6.45) is 1.36. The predicted molar refractivity (Wildman–Crippen MR) is 163 cm³/mol. The second-order valence-corrected chi connectivity index (χ2v) is 12.7. The summed E-state index contributed by atoms with van der Waals surface area (Å²) >= 11 is 0. The van der Waals surface area contributed by atoms with E-state index in [-0.39, 0.29) is 24.8 Å². The van der Waals surface area contributed by atoms with E-state index in [4.69, 9.17) is 4.74 Å². The van der Waals surface area contributed by atoms with E-state index in [1.54, 1.807) is 19.2 Å². The van der Waals surface area contributed by atoms with Crippen LogP contribution >= 0.6 is 0 Å². The molecule has 0 bridgehead atoms. The summed E-state index contributed by atoms with van der Waals surface area (Å²) in [5.41, 5.74) is 3.67. The van der Waals surface area contributed by atoms with Crippen LogP contribution in [-0.4, -0.2) is 57.6 Å². The number of nitrogens with zero attached hydrogens (tertiary/aromatic N) is 2. The SMILES string of the molecule is COc1cccc(CN(C(=O)CN(c2cc(C)ccc2C)S(C)(=O)=O)[C@H](Cc2ccccc2)C(=O)NCC(C)C)c1. The largest absolute Gasteiger partial charge is 0.497 e. The molecule has 41 heavy (non-hydrogen) atoms. The molecule has 0 radical (unpaired) electrons. The van der Waals surface area contributed by atoms with Crippen LogP contribution in [0.2, 0.25) is 0 Å². The minimum absolute atomic E-state index is 0.0903. The number of rotatable bonds is 13. The summed E-state index contributed by atoms with van der Waals surface area (Å²) in [6.45, 7) is 7.77. The molecule has 8 nitrogen and oxygen atoms in total. The highest BCUT2D eigenvalue weighted by Crippen LogP contribution is 2.25. The number of aryl methyl sites for hydroxylation is 2. The predicted octanol–water partition coefficient (Wildman–Crippen LogP) is 4.49. The van der Waals surface area contributed by atoms with Gasteiger partial charge in [0.2, 0.25) is 21.8 Å². The molecule has 3 aromatic rings. The van der Waals surface area contributed by atoms with Gasteiger partial charge < -0.3 is 15.0 Å². The van der Waals surface area contributed by atoms with Crippen LogP contribution in [0.3, 0.4) is 0 Å². The number of carbonyl (C=O) groups is 2. The molecule has 0 aliphatic heterocycles. The molecule has 9 heteroatoms. The Morgan fingerprint density at radius 1 is 0.927 bits per heavy atom. The molecule has 0 saturated heterocycles. The quantitative estimate of drug-likeness (QED) is 0.322. The lowest BCUT2D eigenvalue weighted by molar-refractivity contribution is -0.140. The third-order valence-corrected chi connectivity index (χ3v) is 7.88. The third kappa shape index (κ3) is 9.08. The number of hydrogen-bond donors (Lipinski definition) is 1. The van der Waals surface area contributed by atoms with Crippen LogP contribution in [0.1, 0.15) is 36.1 Å². The zero-order chi connectivity index (χ0) is 30.2. The number of ether oxygens (including phenoxy) is 1. The average Bonchev–Trinajstić information content (AvgIpc) is 2.93. The molecule has 0 spiro atoms. The van der Waals surface area contributed by atoms with Gasteiger partial charge in [-0.25, -0.2) is 8.42 Å². The average molecular weight is 580 g/mol. The number of nitrogens with one attached hydrogen (secondary N) is 1. The van der Waals surface area contributed by atoms with Crippen LogP contribution in [-0.2, 0) is 32.6 Å². The fourth-order valence-corrected chi connectivity index (χ4v) is 5.43. The van der Waals surface area contributed by atoms with Crippen molar-refractivity contribution in [3.05, 3.63) is 95.1 Å². The van der Waals surface area contributed by atoms with Crippen LogP contribution in [0.15, 0.2) is 72.8 Å². The van der Waals surface area contributed by atoms with Crippen molar-refractivity contribution in [1.29, 1.82) is 0 Å². The number of benzene rings is 3. The summed E-state index contributed by atoms with van der Waals surface area (Å²) < 4.78 is 32.6. The molecular formula is C32H41N3O5S. The summed E-state index contributed by atoms with van der Waals surface area (Å²) in [7, 11) is -2.27. The van der Waals surface area contributed by atoms with Crippen LogP contribution in [0.25, 0.3) is 0 Å². The topological polar surface area (TPSA) is 96.0 Å². The van der Waals surface area contributed by atoms with Crippen molar-refractivity contribution in [2.24, 2.45) is 5.92 Å². The molecule has 0 aliphatic rings. The van der Waals surface area contributed by atoms with Gasteiger partial charge in [0, 0.05) is 19.5 Å². The Kier molecular flexibility index (Phi) is 10.9. The van der Waals surface area contributed by atoms with Crippen molar-refractivity contribution < 1.29 is 22.7 Å². The minimum Gasteiger partial charge on any atom is -0.497 e. The Morgan fingerprint density at radius 2 is 1.61 bits per heavy atom. The number of carbonyl (C=O) groups excluding carboxylic acids is 2. The standard InChI is InChI=1S/C32H41N3O5S/c1-23(2)20-33-32(37)30(19-26-11-8-7-9-12-26)34(21-27-13-10-14-28(18-27)40-5)31(36)22-35(41(6,38)39)29-17-24(3)15-16-25(29)4/h7-18,23,30H,19-22H2,1-6H3,(H,33,37)/t30-/m1/s1. The first-order valence-corrected chi connectivity index (χ1v) is 15.5. The molecule has 0 aliphatic carbocycles. The van der Waals surface area contributed by atoms with E-state index >= 15 is 0 Å². The highest BCUT2D eigenvalue weighted by Gasteiger charge is 2.33. The second kappa shape index (κ2) is 14.2. The van der Waals surface area contributed by atoms with Gasteiger partial charge >= 0.3 is 0 Å². The fraction of sp³-hybridized carbons (Fsp3) is 0.375. The van der Waals surface area contributed by atoms with Crippen molar-refractivity contribution in [2.75, 3.05) is 30.8 Å².